The molecule has 2 aromatic carbocycles. The van der Waals surface area contributed by atoms with Crippen LogP contribution in [0.5, 0.6) is 11.5 Å². The fourth-order valence-corrected chi connectivity index (χ4v) is 5.22. The quantitative estimate of drug-likeness (QED) is 0.286. The van der Waals surface area contributed by atoms with Crippen molar-refractivity contribution in [2.45, 2.75) is 19.8 Å². The number of anilines is 2. The zero-order valence-corrected chi connectivity index (χ0v) is 19.5. The third-order valence-corrected chi connectivity index (χ3v) is 7.02. The van der Waals surface area contributed by atoms with Crippen LogP contribution < -0.4 is 19.3 Å². The Kier molecular flexibility index (Phi) is 5.88. The molecule has 2 fully saturated rings. The molecule has 0 bridgehead atoms. The number of carbonyl (C=O) groups excluding carboxylic acids is 4. The Morgan fingerprint density at radius 3 is 2.46 bits per heavy atom. The van der Waals surface area contributed by atoms with Crippen LogP contribution in [-0.2, 0) is 19.2 Å². The predicted octanol–water partition coefficient (Wildman–Crippen LogP) is 3.36. The first-order chi connectivity index (χ1) is 16.9. The highest BCUT2D eigenvalue weighted by Crippen LogP contribution is 2.40. The Hall–Kier alpha value is -3.94. The van der Waals surface area contributed by atoms with Crippen LogP contribution in [-0.4, -0.2) is 37.3 Å². The lowest BCUT2D eigenvalue weighted by molar-refractivity contribution is -0.139. The molecule has 3 amide bonds. The maximum Gasteiger partial charge on any atom is 0.316 e. The van der Waals surface area contributed by atoms with Crippen LogP contribution in [0.1, 0.15) is 19.8 Å². The molecule has 0 unspecified atom stereocenters. The maximum atomic E-state index is 13.0. The summed E-state index contributed by atoms with van der Waals surface area (Å²) >= 11 is 0. The monoisotopic (exact) mass is 474 g/mol. The van der Waals surface area contributed by atoms with Crippen molar-refractivity contribution in [1.29, 1.82) is 0 Å². The van der Waals surface area contributed by atoms with E-state index in [1.54, 1.807) is 42.5 Å². The number of nitrogens with zero attached hydrogens (tertiary/aromatic N) is 2. The molecule has 2 heterocycles. The Labute approximate surface area is 203 Å². The number of hydrogen-bond donors (Lipinski definition) is 0. The number of rotatable bonds is 5. The normalized spacial score (nSPS) is 25.7. The number of carbonyl (C=O) groups is 4. The summed E-state index contributed by atoms with van der Waals surface area (Å²) in [5.74, 6) is -1.50. The number of ether oxygens (including phenoxy) is 2. The molecule has 0 radical (unpaired) electrons. The summed E-state index contributed by atoms with van der Waals surface area (Å²) in [6.07, 6.45) is 4.56. The van der Waals surface area contributed by atoms with Crippen molar-refractivity contribution < 1.29 is 28.7 Å². The summed E-state index contributed by atoms with van der Waals surface area (Å²) in [5.41, 5.74) is 1.07. The topological polar surface area (TPSA) is 93.2 Å². The number of fused-ring (bicyclic) bond motifs is 1. The molecule has 8 heteroatoms. The van der Waals surface area contributed by atoms with Crippen LogP contribution in [0.25, 0.3) is 0 Å². The third kappa shape index (κ3) is 3.99. The van der Waals surface area contributed by atoms with Crippen LogP contribution in [0.4, 0.5) is 11.4 Å². The lowest BCUT2D eigenvalue weighted by Crippen LogP contribution is -2.31. The minimum Gasteiger partial charge on any atom is -0.495 e. The summed E-state index contributed by atoms with van der Waals surface area (Å²) in [4.78, 5) is 54.0. The van der Waals surface area contributed by atoms with E-state index in [4.69, 9.17) is 9.47 Å². The van der Waals surface area contributed by atoms with E-state index < -0.39 is 11.9 Å². The number of allylic oxidation sites excluding steroid dienone is 2. The Morgan fingerprint density at radius 2 is 1.74 bits per heavy atom. The van der Waals surface area contributed by atoms with E-state index in [9.17, 15) is 19.2 Å². The van der Waals surface area contributed by atoms with Gasteiger partial charge in [-0.2, -0.15) is 0 Å². The van der Waals surface area contributed by atoms with Crippen molar-refractivity contribution in [3.63, 3.8) is 0 Å². The minimum absolute atomic E-state index is 0.0139. The van der Waals surface area contributed by atoms with Crippen molar-refractivity contribution in [2.24, 2.45) is 23.7 Å². The number of benzene rings is 2. The van der Waals surface area contributed by atoms with Gasteiger partial charge < -0.3 is 14.4 Å². The second kappa shape index (κ2) is 9.02. The largest absolute Gasteiger partial charge is 0.495 e. The number of methoxy groups -OCH3 is 1. The molecule has 35 heavy (non-hydrogen) atoms. The first kappa shape index (κ1) is 22.8. The molecule has 180 valence electrons. The first-order valence-corrected chi connectivity index (χ1v) is 11.7. The molecule has 0 saturated carbocycles. The number of imide groups is 1. The van der Waals surface area contributed by atoms with Crippen LogP contribution >= 0.6 is 0 Å². The van der Waals surface area contributed by atoms with E-state index in [0.717, 1.165) is 0 Å². The molecule has 2 aromatic rings. The van der Waals surface area contributed by atoms with E-state index in [0.29, 0.717) is 23.5 Å². The molecule has 2 saturated heterocycles. The predicted molar refractivity (Wildman–Crippen MR) is 128 cm³/mol. The van der Waals surface area contributed by atoms with Crippen molar-refractivity contribution in [1.82, 2.24) is 0 Å². The fourth-order valence-electron chi connectivity index (χ4n) is 5.22. The van der Waals surface area contributed by atoms with Gasteiger partial charge in [0.15, 0.2) is 0 Å². The van der Waals surface area contributed by atoms with E-state index in [2.05, 4.69) is 0 Å². The van der Waals surface area contributed by atoms with Gasteiger partial charge in [0, 0.05) is 13.0 Å². The molecule has 0 aromatic heterocycles. The second-order valence-electron chi connectivity index (χ2n) is 9.16. The lowest BCUT2D eigenvalue weighted by Gasteiger charge is -2.22. The molecule has 1 aliphatic carbocycles. The van der Waals surface area contributed by atoms with Gasteiger partial charge in [0.2, 0.25) is 17.7 Å². The van der Waals surface area contributed by atoms with Crippen molar-refractivity contribution in [3.05, 3.63) is 60.7 Å². The summed E-state index contributed by atoms with van der Waals surface area (Å²) < 4.78 is 10.9. The number of esters is 1. The Balaban J connectivity index is 1.26. The van der Waals surface area contributed by atoms with Crippen LogP contribution in [0, 0.1) is 23.7 Å². The molecule has 8 nitrogen and oxygen atoms in total. The minimum atomic E-state index is -0.620. The molecule has 4 atom stereocenters. The van der Waals surface area contributed by atoms with Gasteiger partial charge in [-0.25, -0.2) is 0 Å². The van der Waals surface area contributed by atoms with E-state index in [1.165, 1.54) is 16.9 Å². The van der Waals surface area contributed by atoms with Gasteiger partial charge in [-0.1, -0.05) is 31.2 Å². The van der Waals surface area contributed by atoms with Crippen molar-refractivity contribution >= 4 is 35.1 Å². The second-order valence-corrected chi connectivity index (χ2v) is 9.16. The summed E-state index contributed by atoms with van der Waals surface area (Å²) in [7, 11) is 1.53. The molecule has 3 aliphatic rings. The average molecular weight is 475 g/mol. The summed E-state index contributed by atoms with van der Waals surface area (Å²) in [6, 6.07) is 13.5. The fraction of sp³-hybridized carbons (Fsp3) is 0.333. The van der Waals surface area contributed by atoms with Gasteiger partial charge in [0.25, 0.3) is 0 Å². The highest BCUT2D eigenvalue weighted by Gasteiger charge is 2.50. The lowest BCUT2D eigenvalue weighted by atomic mass is 9.78. The zero-order chi connectivity index (χ0) is 24.7. The van der Waals surface area contributed by atoms with Crippen LogP contribution in [0.2, 0.25) is 0 Å². The first-order valence-electron chi connectivity index (χ1n) is 11.7. The van der Waals surface area contributed by atoms with Gasteiger partial charge in [-0.05, 0) is 48.7 Å². The molecular weight excluding hydrogens is 448 g/mol. The van der Waals surface area contributed by atoms with E-state index >= 15 is 0 Å². The van der Waals surface area contributed by atoms with Crippen molar-refractivity contribution in [3.8, 4) is 11.5 Å². The summed E-state index contributed by atoms with van der Waals surface area (Å²) in [5, 5.41) is 0. The third-order valence-electron chi connectivity index (χ3n) is 7.02. The number of hydrogen-bond acceptors (Lipinski definition) is 6. The number of para-hydroxylation sites is 2. The highest BCUT2D eigenvalue weighted by atomic mass is 16.5. The van der Waals surface area contributed by atoms with Crippen molar-refractivity contribution in [2.75, 3.05) is 23.5 Å². The molecule has 5 rings (SSSR count). The molecule has 0 spiro atoms. The molecular formula is C27H26N2O6. The van der Waals surface area contributed by atoms with Gasteiger partial charge in [0.05, 0.1) is 36.2 Å². The smallest absolute Gasteiger partial charge is 0.316 e. The Bertz CT molecular complexity index is 1220. The zero-order valence-electron chi connectivity index (χ0n) is 19.5. The van der Waals surface area contributed by atoms with E-state index in [1.807, 2.05) is 25.1 Å². The van der Waals surface area contributed by atoms with Gasteiger partial charge in [-0.15, -0.1) is 0 Å². The van der Waals surface area contributed by atoms with E-state index in [-0.39, 0.29) is 54.2 Å². The number of amides is 3. The van der Waals surface area contributed by atoms with Gasteiger partial charge in [-0.3, -0.25) is 24.1 Å². The SMILES string of the molecule is COc1ccccc1N1C[C@H](C(=O)Oc2ccc(N3C(=O)[C@H]4[C@H](C)C=CC[C@H]4C3=O)cc2)CC1=O. The molecule has 0 N–H and O–H groups in total. The maximum absolute atomic E-state index is 13.0. The van der Waals surface area contributed by atoms with Crippen LogP contribution in [0.3, 0.4) is 0 Å². The van der Waals surface area contributed by atoms with Crippen LogP contribution in [0.15, 0.2) is 60.7 Å². The van der Waals surface area contributed by atoms with Gasteiger partial charge >= 0.3 is 5.97 Å². The summed E-state index contributed by atoms with van der Waals surface area (Å²) in [6.45, 7) is 2.15. The standard InChI is InChI=1S/C27H26N2O6/c1-16-6-5-7-20-24(16)26(32)29(25(20)31)18-10-12-19(13-11-18)35-27(33)17-14-23(30)28(15-17)21-8-3-4-9-22(21)34-2/h3-6,8-13,16-17,20,24H,7,14-15H2,1-2H3/t16-,17-,20-,24+/m1/s1. The highest BCUT2D eigenvalue weighted by molar-refractivity contribution is 6.22. The average Bonchev–Trinajstić information content (AvgIpc) is 3.37. The van der Waals surface area contributed by atoms with Gasteiger partial charge in [0.1, 0.15) is 11.5 Å². The molecule has 2 aliphatic heterocycles. The Morgan fingerprint density at radius 1 is 1.00 bits per heavy atom.